The summed E-state index contributed by atoms with van der Waals surface area (Å²) >= 11 is 0. The summed E-state index contributed by atoms with van der Waals surface area (Å²) in [5.74, 6) is 1.06. The fourth-order valence-electron chi connectivity index (χ4n) is 3.06. The summed E-state index contributed by atoms with van der Waals surface area (Å²) < 4.78 is 0. The van der Waals surface area contributed by atoms with Gasteiger partial charge in [-0.1, -0.05) is 30.3 Å². The zero-order valence-corrected chi connectivity index (χ0v) is 14.9. The normalized spacial score (nSPS) is 16.5. The van der Waals surface area contributed by atoms with Gasteiger partial charge >= 0.3 is 0 Å². The van der Waals surface area contributed by atoms with Crippen molar-refractivity contribution in [3.63, 3.8) is 0 Å². The molecular formula is C19H25N5O. The van der Waals surface area contributed by atoms with Crippen molar-refractivity contribution in [1.29, 1.82) is 0 Å². The zero-order chi connectivity index (χ0) is 17.6. The van der Waals surface area contributed by atoms with Gasteiger partial charge in [-0.2, -0.15) is 0 Å². The highest BCUT2D eigenvalue weighted by atomic mass is 16.2. The van der Waals surface area contributed by atoms with Crippen LogP contribution in [-0.4, -0.2) is 65.4 Å². The molecule has 1 amide bonds. The highest BCUT2D eigenvalue weighted by Gasteiger charge is 2.23. The van der Waals surface area contributed by atoms with Crippen molar-refractivity contribution in [2.75, 3.05) is 44.7 Å². The van der Waals surface area contributed by atoms with Crippen LogP contribution in [0.4, 0.5) is 5.82 Å². The fourth-order valence-corrected chi connectivity index (χ4v) is 3.06. The van der Waals surface area contributed by atoms with Crippen molar-refractivity contribution < 1.29 is 4.79 Å². The Bertz CT molecular complexity index is 671. The number of benzene rings is 1. The molecule has 1 aromatic carbocycles. The van der Waals surface area contributed by atoms with Crippen LogP contribution < -0.4 is 4.90 Å². The monoisotopic (exact) mass is 339 g/mol. The number of hydrogen-bond acceptors (Lipinski definition) is 5. The fraction of sp³-hybridized carbons (Fsp3) is 0.421. The van der Waals surface area contributed by atoms with Crippen LogP contribution in [-0.2, 0) is 4.79 Å². The zero-order valence-electron chi connectivity index (χ0n) is 14.9. The molecule has 6 heteroatoms. The van der Waals surface area contributed by atoms with Gasteiger partial charge in [-0.25, -0.2) is 4.98 Å². The molecular weight excluding hydrogens is 314 g/mol. The van der Waals surface area contributed by atoms with E-state index in [4.69, 9.17) is 0 Å². The van der Waals surface area contributed by atoms with Crippen LogP contribution in [0.1, 0.15) is 18.5 Å². The molecule has 1 saturated heterocycles. The molecule has 1 aromatic heterocycles. The van der Waals surface area contributed by atoms with Gasteiger partial charge in [-0.3, -0.25) is 14.7 Å². The van der Waals surface area contributed by atoms with Gasteiger partial charge in [0, 0.05) is 45.6 Å². The topological polar surface area (TPSA) is 52.6 Å². The number of rotatable bonds is 5. The molecule has 0 unspecified atom stereocenters. The van der Waals surface area contributed by atoms with Crippen molar-refractivity contribution in [3.8, 4) is 0 Å². The van der Waals surface area contributed by atoms with E-state index in [0.29, 0.717) is 6.54 Å². The minimum atomic E-state index is 0.0783. The molecule has 1 aliphatic heterocycles. The van der Waals surface area contributed by atoms with E-state index in [-0.39, 0.29) is 11.9 Å². The lowest BCUT2D eigenvalue weighted by atomic mass is 10.1. The number of nitrogens with zero attached hydrogens (tertiary/aromatic N) is 5. The average molecular weight is 339 g/mol. The molecule has 0 bridgehead atoms. The van der Waals surface area contributed by atoms with Crippen LogP contribution in [0.5, 0.6) is 0 Å². The molecule has 0 aliphatic carbocycles. The molecule has 132 valence electrons. The summed E-state index contributed by atoms with van der Waals surface area (Å²) in [4.78, 5) is 27.4. The Labute approximate surface area is 149 Å². The SMILES string of the molecule is C[C@@H](c1ccccc1)N(C)C(=O)CN1CCN(c2cnccn2)CC1. The Hall–Kier alpha value is -2.47. The van der Waals surface area contributed by atoms with Crippen LogP contribution in [0, 0.1) is 0 Å². The molecule has 0 N–H and O–H groups in total. The molecule has 6 nitrogen and oxygen atoms in total. The number of hydrogen-bond donors (Lipinski definition) is 0. The van der Waals surface area contributed by atoms with Crippen LogP contribution in [0.15, 0.2) is 48.9 Å². The lowest BCUT2D eigenvalue weighted by molar-refractivity contribution is -0.133. The quantitative estimate of drug-likeness (QED) is 0.832. The van der Waals surface area contributed by atoms with Gasteiger partial charge in [0.1, 0.15) is 5.82 Å². The molecule has 3 rings (SSSR count). The predicted octanol–water partition coefficient (Wildman–Crippen LogP) is 1.82. The van der Waals surface area contributed by atoms with Gasteiger partial charge in [0.2, 0.25) is 5.91 Å². The maximum absolute atomic E-state index is 12.6. The number of aromatic nitrogens is 2. The molecule has 0 radical (unpaired) electrons. The van der Waals surface area contributed by atoms with E-state index in [0.717, 1.165) is 37.6 Å². The first-order valence-electron chi connectivity index (χ1n) is 8.69. The first kappa shape index (κ1) is 17.4. The minimum Gasteiger partial charge on any atom is -0.353 e. The van der Waals surface area contributed by atoms with Crippen LogP contribution >= 0.6 is 0 Å². The van der Waals surface area contributed by atoms with Gasteiger partial charge in [-0.15, -0.1) is 0 Å². The molecule has 1 atom stereocenters. The van der Waals surface area contributed by atoms with Gasteiger partial charge in [0.15, 0.2) is 0 Å². The van der Waals surface area contributed by atoms with Crippen LogP contribution in [0.3, 0.4) is 0 Å². The Morgan fingerprint density at radius 3 is 2.52 bits per heavy atom. The van der Waals surface area contributed by atoms with Gasteiger partial charge in [0.25, 0.3) is 0 Å². The van der Waals surface area contributed by atoms with Crippen molar-refractivity contribution in [1.82, 2.24) is 19.8 Å². The van der Waals surface area contributed by atoms with Crippen molar-refractivity contribution >= 4 is 11.7 Å². The summed E-state index contributed by atoms with van der Waals surface area (Å²) in [6.07, 6.45) is 5.18. The Kier molecular flexibility index (Phi) is 5.60. The smallest absolute Gasteiger partial charge is 0.236 e. The van der Waals surface area contributed by atoms with Gasteiger partial charge in [0.05, 0.1) is 18.8 Å². The Morgan fingerprint density at radius 1 is 1.16 bits per heavy atom. The van der Waals surface area contributed by atoms with E-state index in [9.17, 15) is 4.79 Å². The Balaban J connectivity index is 1.50. The average Bonchev–Trinajstić information content (AvgIpc) is 2.68. The Morgan fingerprint density at radius 2 is 1.88 bits per heavy atom. The number of carbonyl (C=O) groups excluding carboxylic acids is 1. The predicted molar refractivity (Wildman–Crippen MR) is 98.3 cm³/mol. The third kappa shape index (κ3) is 4.33. The van der Waals surface area contributed by atoms with E-state index in [1.165, 1.54) is 0 Å². The summed E-state index contributed by atoms with van der Waals surface area (Å²) in [6.45, 7) is 5.97. The molecule has 1 aliphatic rings. The maximum Gasteiger partial charge on any atom is 0.236 e. The van der Waals surface area contributed by atoms with E-state index >= 15 is 0 Å². The van der Waals surface area contributed by atoms with Crippen molar-refractivity contribution in [3.05, 3.63) is 54.5 Å². The molecule has 2 heterocycles. The summed E-state index contributed by atoms with van der Waals surface area (Å²) in [6, 6.07) is 10.2. The summed E-state index contributed by atoms with van der Waals surface area (Å²) in [7, 11) is 1.88. The van der Waals surface area contributed by atoms with Gasteiger partial charge in [-0.05, 0) is 12.5 Å². The summed E-state index contributed by atoms with van der Waals surface area (Å²) in [5, 5.41) is 0. The second-order valence-electron chi connectivity index (χ2n) is 6.42. The maximum atomic E-state index is 12.6. The van der Waals surface area contributed by atoms with E-state index in [1.54, 1.807) is 18.6 Å². The molecule has 0 spiro atoms. The highest BCUT2D eigenvalue weighted by molar-refractivity contribution is 5.78. The second-order valence-corrected chi connectivity index (χ2v) is 6.42. The van der Waals surface area contributed by atoms with Gasteiger partial charge < -0.3 is 9.80 Å². The van der Waals surface area contributed by atoms with Crippen molar-refractivity contribution in [2.45, 2.75) is 13.0 Å². The number of piperazine rings is 1. The van der Waals surface area contributed by atoms with E-state index in [2.05, 4.69) is 38.8 Å². The lowest BCUT2D eigenvalue weighted by Gasteiger charge is -2.36. The number of anilines is 1. The van der Waals surface area contributed by atoms with E-state index in [1.807, 2.05) is 30.1 Å². The first-order valence-corrected chi connectivity index (χ1v) is 8.69. The largest absolute Gasteiger partial charge is 0.353 e. The second kappa shape index (κ2) is 8.07. The number of amides is 1. The first-order chi connectivity index (χ1) is 12.1. The lowest BCUT2D eigenvalue weighted by Crippen LogP contribution is -2.50. The number of carbonyl (C=O) groups is 1. The molecule has 2 aromatic rings. The van der Waals surface area contributed by atoms with Crippen LogP contribution in [0.2, 0.25) is 0 Å². The summed E-state index contributed by atoms with van der Waals surface area (Å²) in [5.41, 5.74) is 1.16. The highest BCUT2D eigenvalue weighted by Crippen LogP contribution is 2.19. The number of likely N-dealkylation sites (N-methyl/N-ethyl adjacent to an activating group) is 1. The molecule has 1 fully saturated rings. The third-order valence-electron chi connectivity index (χ3n) is 4.86. The minimum absolute atomic E-state index is 0.0783. The standard InChI is InChI=1S/C19H25N5O/c1-16(17-6-4-3-5-7-17)22(2)19(25)15-23-10-12-24(13-11-23)18-14-20-8-9-21-18/h3-9,14,16H,10-13,15H2,1-2H3/t16-/m0/s1. The van der Waals surface area contributed by atoms with E-state index < -0.39 is 0 Å². The third-order valence-corrected chi connectivity index (χ3v) is 4.86. The van der Waals surface area contributed by atoms with Crippen LogP contribution in [0.25, 0.3) is 0 Å². The molecule has 0 saturated carbocycles. The van der Waals surface area contributed by atoms with Crippen molar-refractivity contribution in [2.24, 2.45) is 0 Å². The molecule has 25 heavy (non-hydrogen) atoms.